The van der Waals surface area contributed by atoms with Crippen LogP contribution in [-0.2, 0) is 4.79 Å². The molecule has 3 rings (SSSR count). The van der Waals surface area contributed by atoms with Crippen LogP contribution in [0.4, 0.5) is 0 Å². The van der Waals surface area contributed by atoms with Crippen molar-refractivity contribution < 1.29 is 19.1 Å². The molecule has 0 heterocycles. The number of ether oxygens (including phenoxy) is 1. The Bertz CT molecular complexity index is 1210. The zero-order valence-electron chi connectivity index (χ0n) is 17.5. The van der Waals surface area contributed by atoms with E-state index in [1.165, 1.54) is 18.3 Å². The summed E-state index contributed by atoms with van der Waals surface area (Å²) in [7, 11) is 0. The predicted molar refractivity (Wildman–Crippen MR) is 127 cm³/mol. The van der Waals surface area contributed by atoms with E-state index >= 15 is 0 Å². The van der Waals surface area contributed by atoms with Gasteiger partial charge in [-0.3, -0.25) is 9.59 Å². The van der Waals surface area contributed by atoms with Crippen molar-refractivity contribution in [3.05, 3.63) is 99.0 Å². The largest absolute Gasteiger partial charge is 0.423 e. The van der Waals surface area contributed by atoms with Crippen LogP contribution in [0.5, 0.6) is 5.75 Å². The molecule has 0 radical (unpaired) electrons. The second-order valence-corrected chi connectivity index (χ2v) is 7.77. The number of benzene rings is 3. The number of amides is 2. The summed E-state index contributed by atoms with van der Waals surface area (Å²) in [5, 5.41) is 6.97. The van der Waals surface area contributed by atoms with E-state index < -0.39 is 11.9 Å². The summed E-state index contributed by atoms with van der Waals surface area (Å²) in [6.45, 7) is 1.69. The standard InChI is InChI=1S/C24H19Cl2N3O4/c1-15-5-7-17(8-6-15)23(31)27-14-22(30)29-28-13-16-3-2-4-19(11-16)33-24(32)20-10-9-18(25)12-21(20)26/h2-13H,14H2,1H3,(H,27,31)(H,29,30)/b28-13+. The van der Waals surface area contributed by atoms with Crippen molar-refractivity contribution in [1.29, 1.82) is 0 Å². The lowest BCUT2D eigenvalue weighted by atomic mass is 10.1. The lowest BCUT2D eigenvalue weighted by Crippen LogP contribution is -2.34. The number of rotatable bonds is 7. The third-order valence-electron chi connectivity index (χ3n) is 4.35. The summed E-state index contributed by atoms with van der Waals surface area (Å²) in [5.41, 5.74) is 4.57. The molecular formula is C24H19Cl2N3O4. The Morgan fingerprint density at radius 1 is 1.00 bits per heavy atom. The first-order chi connectivity index (χ1) is 15.8. The van der Waals surface area contributed by atoms with Gasteiger partial charge in [0.05, 0.1) is 23.3 Å². The fraction of sp³-hybridized carbons (Fsp3) is 0.0833. The topological polar surface area (TPSA) is 96.9 Å². The number of carbonyl (C=O) groups is 3. The van der Waals surface area contributed by atoms with Crippen molar-refractivity contribution in [3.63, 3.8) is 0 Å². The molecule has 3 aromatic carbocycles. The molecule has 168 valence electrons. The minimum absolute atomic E-state index is 0.181. The molecule has 33 heavy (non-hydrogen) atoms. The second kappa shape index (κ2) is 11.3. The zero-order chi connectivity index (χ0) is 23.8. The monoisotopic (exact) mass is 483 g/mol. The minimum atomic E-state index is -0.636. The summed E-state index contributed by atoms with van der Waals surface area (Å²) in [6, 6.07) is 18.0. The van der Waals surface area contributed by atoms with Gasteiger partial charge < -0.3 is 10.1 Å². The Balaban J connectivity index is 1.51. The Hall–Kier alpha value is -3.68. The number of nitrogens with zero attached hydrogens (tertiary/aromatic N) is 1. The first-order valence-corrected chi connectivity index (χ1v) is 10.5. The highest BCUT2D eigenvalue weighted by atomic mass is 35.5. The number of halogens is 2. The molecule has 0 atom stereocenters. The molecule has 9 heteroatoms. The quantitative estimate of drug-likeness (QED) is 0.225. The highest BCUT2D eigenvalue weighted by molar-refractivity contribution is 6.36. The van der Waals surface area contributed by atoms with Gasteiger partial charge in [0, 0.05) is 10.6 Å². The van der Waals surface area contributed by atoms with Gasteiger partial charge in [-0.1, -0.05) is 53.0 Å². The van der Waals surface area contributed by atoms with Gasteiger partial charge in [-0.15, -0.1) is 0 Å². The SMILES string of the molecule is Cc1ccc(C(=O)NCC(=O)N/N=C/c2cccc(OC(=O)c3ccc(Cl)cc3Cl)c2)cc1. The lowest BCUT2D eigenvalue weighted by Gasteiger charge is -2.07. The average Bonchev–Trinajstić information content (AvgIpc) is 2.78. The van der Waals surface area contributed by atoms with E-state index in [0.717, 1.165) is 5.56 Å². The molecule has 3 aromatic rings. The zero-order valence-corrected chi connectivity index (χ0v) is 19.0. The molecule has 0 unspecified atom stereocenters. The van der Waals surface area contributed by atoms with Crippen molar-refractivity contribution in [1.82, 2.24) is 10.7 Å². The number of nitrogens with one attached hydrogen (secondary N) is 2. The van der Waals surface area contributed by atoms with E-state index in [4.69, 9.17) is 27.9 Å². The van der Waals surface area contributed by atoms with Gasteiger partial charge in [-0.05, 0) is 55.0 Å². The van der Waals surface area contributed by atoms with Crippen LogP contribution >= 0.6 is 23.2 Å². The van der Waals surface area contributed by atoms with E-state index in [9.17, 15) is 14.4 Å². The molecule has 7 nitrogen and oxygen atoms in total. The Labute approximate surface area is 200 Å². The number of hydrogen-bond acceptors (Lipinski definition) is 5. The molecular weight excluding hydrogens is 465 g/mol. The molecule has 0 aliphatic carbocycles. The maximum absolute atomic E-state index is 12.3. The number of hydrogen-bond donors (Lipinski definition) is 2. The molecule has 0 fully saturated rings. The van der Waals surface area contributed by atoms with Crippen molar-refractivity contribution in [2.45, 2.75) is 6.92 Å². The number of hydrazone groups is 1. The summed E-state index contributed by atoms with van der Waals surface area (Å²) < 4.78 is 5.34. The molecule has 0 bridgehead atoms. The van der Waals surface area contributed by atoms with Crippen molar-refractivity contribution >= 4 is 47.2 Å². The van der Waals surface area contributed by atoms with Crippen LogP contribution in [0.2, 0.25) is 10.0 Å². The average molecular weight is 484 g/mol. The van der Waals surface area contributed by atoms with Gasteiger partial charge in [0.25, 0.3) is 11.8 Å². The van der Waals surface area contributed by atoms with Crippen LogP contribution < -0.4 is 15.5 Å². The fourth-order valence-corrected chi connectivity index (χ4v) is 3.15. The third-order valence-corrected chi connectivity index (χ3v) is 4.89. The molecule has 0 aromatic heterocycles. The summed E-state index contributed by atoms with van der Waals surface area (Å²) in [5.74, 6) is -1.22. The summed E-state index contributed by atoms with van der Waals surface area (Å²) in [4.78, 5) is 36.3. The highest BCUT2D eigenvalue weighted by Gasteiger charge is 2.13. The van der Waals surface area contributed by atoms with Gasteiger partial charge in [0.15, 0.2) is 0 Å². The summed E-state index contributed by atoms with van der Waals surface area (Å²) in [6.07, 6.45) is 1.38. The highest BCUT2D eigenvalue weighted by Crippen LogP contribution is 2.23. The minimum Gasteiger partial charge on any atom is -0.423 e. The van der Waals surface area contributed by atoms with Gasteiger partial charge in [-0.25, -0.2) is 10.2 Å². The summed E-state index contributed by atoms with van der Waals surface area (Å²) >= 11 is 11.9. The Kier molecular flexibility index (Phi) is 8.18. The van der Waals surface area contributed by atoms with E-state index in [1.807, 2.05) is 19.1 Å². The van der Waals surface area contributed by atoms with E-state index in [1.54, 1.807) is 42.5 Å². The number of aryl methyl sites for hydroxylation is 1. The van der Waals surface area contributed by atoms with Crippen LogP contribution in [0.15, 0.2) is 71.8 Å². The van der Waals surface area contributed by atoms with Gasteiger partial charge in [0.2, 0.25) is 0 Å². The van der Waals surface area contributed by atoms with E-state index in [2.05, 4.69) is 15.8 Å². The van der Waals surface area contributed by atoms with Crippen LogP contribution in [0.1, 0.15) is 31.8 Å². The van der Waals surface area contributed by atoms with Gasteiger partial charge in [0.1, 0.15) is 5.75 Å². The maximum Gasteiger partial charge on any atom is 0.345 e. The predicted octanol–water partition coefficient (Wildman–Crippen LogP) is 4.40. The molecule has 2 N–H and O–H groups in total. The van der Waals surface area contributed by atoms with Crippen molar-refractivity contribution in [3.8, 4) is 5.75 Å². The first kappa shape index (κ1) is 24.0. The third kappa shape index (κ3) is 7.17. The first-order valence-electron chi connectivity index (χ1n) is 9.76. The smallest absolute Gasteiger partial charge is 0.345 e. The van der Waals surface area contributed by atoms with Gasteiger partial charge in [-0.2, -0.15) is 5.10 Å². The Morgan fingerprint density at radius 2 is 1.76 bits per heavy atom. The fourth-order valence-electron chi connectivity index (χ4n) is 2.66. The van der Waals surface area contributed by atoms with Crippen LogP contribution in [-0.4, -0.2) is 30.5 Å². The maximum atomic E-state index is 12.3. The van der Waals surface area contributed by atoms with E-state index in [-0.39, 0.29) is 28.8 Å². The van der Waals surface area contributed by atoms with Crippen LogP contribution in [0.25, 0.3) is 0 Å². The molecule has 2 amide bonds. The Morgan fingerprint density at radius 3 is 2.48 bits per heavy atom. The molecule has 0 saturated carbocycles. The van der Waals surface area contributed by atoms with Crippen molar-refractivity contribution in [2.24, 2.45) is 5.10 Å². The lowest BCUT2D eigenvalue weighted by molar-refractivity contribution is -0.120. The normalized spacial score (nSPS) is 10.6. The second-order valence-electron chi connectivity index (χ2n) is 6.93. The van der Waals surface area contributed by atoms with Gasteiger partial charge >= 0.3 is 5.97 Å². The van der Waals surface area contributed by atoms with Crippen LogP contribution in [0, 0.1) is 6.92 Å². The molecule has 0 aliphatic rings. The molecule has 0 saturated heterocycles. The van der Waals surface area contributed by atoms with Crippen molar-refractivity contribution in [2.75, 3.05) is 6.54 Å². The van der Waals surface area contributed by atoms with Crippen LogP contribution in [0.3, 0.4) is 0 Å². The number of esters is 1. The molecule has 0 aliphatic heterocycles. The van der Waals surface area contributed by atoms with E-state index in [0.29, 0.717) is 16.1 Å². The molecule has 0 spiro atoms. The number of carbonyl (C=O) groups excluding carboxylic acids is 3.